The normalized spacial score (nSPS) is 13.6. The van der Waals surface area contributed by atoms with Crippen LogP contribution in [0.15, 0.2) is 55.8 Å². The molecule has 0 saturated carbocycles. The number of carbonyl (C=O) groups excluding carboxylic acids is 1. The van der Waals surface area contributed by atoms with E-state index < -0.39 is 0 Å². The topological polar surface area (TPSA) is 120 Å². The molecular formula is C23H22N10O. The van der Waals surface area contributed by atoms with Crippen LogP contribution in [-0.4, -0.2) is 61.4 Å². The van der Waals surface area contributed by atoms with Gasteiger partial charge in [-0.3, -0.25) is 9.48 Å². The molecule has 0 spiro atoms. The van der Waals surface area contributed by atoms with Crippen LogP contribution in [0.2, 0.25) is 0 Å². The number of nitrogens with zero attached hydrogens (tertiary/aromatic N) is 9. The van der Waals surface area contributed by atoms with E-state index >= 15 is 0 Å². The number of rotatable bonds is 5. The van der Waals surface area contributed by atoms with Crippen molar-refractivity contribution in [2.45, 2.75) is 0 Å². The summed E-state index contributed by atoms with van der Waals surface area (Å²) < 4.78 is 3.44. The molecule has 0 aliphatic carbocycles. The molecule has 4 aromatic rings. The quantitative estimate of drug-likeness (QED) is 0.454. The molecule has 11 heteroatoms. The third-order valence-corrected chi connectivity index (χ3v) is 5.70. The maximum atomic E-state index is 11.5. The van der Waals surface area contributed by atoms with Gasteiger partial charge in [0.25, 0.3) is 0 Å². The highest BCUT2D eigenvalue weighted by Gasteiger charge is 2.24. The summed E-state index contributed by atoms with van der Waals surface area (Å²) >= 11 is 0. The van der Waals surface area contributed by atoms with E-state index in [1.165, 1.54) is 6.08 Å². The molecule has 5 heterocycles. The molecule has 0 bridgehead atoms. The van der Waals surface area contributed by atoms with Gasteiger partial charge in [-0.25, -0.2) is 14.5 Å². The molecule has 0 radical (unpaired) electrons. The predicted molar refractivity (Wildman–Crippen MR) is 127 cm³/mol. The first-order chi connectivity index (χ1) is 16.6. The van der Waals surface area contributed by atoms with Crippen LogP contribution in [0.25, 0.3) is 16.8 Å². The molecule has 1 N–H and O–H groups in total. The van der Waals surface area contributed by atoms with Gasteiger partial charge in [0.2, 0.25) is 5.91 Å². The average molecular weight is 454 g/mol. The Morgan fingerprint density at radius 3 is 2.56 bits per heavy atom. The minimum absolute atomic E-state index is 0.271. The van der Waals surface area contributed by atoms with E-state index in [1.54, 1.807) is 27.8 Å². The number of nitriles is 1. The summed E-state index contributed by atoms with van der Waals surface area (Å²) in [4.78, 5) is 25.2. The minimum Gasteiger partial charge on any atom is -0.353 e. The highest BCUT2D eigenvalue weighted by Crippen LogP contribution is 2.28. The van der Waals surface area contributed by atoms with Gasteiger partial charge in [-0.2, -0.15) is 15.5 Å². The van der Waals surface area contributed by atoms with Crippen LogP contribution < -0.4 is 15.1 Å². The lowest BCUT2D eigenvalue weighted by Gasteiger charge is -2.36. The number of hydrogen-bond acceptors (Lipinski definition) is 8. The summed E-state index contributed by atoms with van der Waals surface area (Å²) in [7, 11) is 1.86. The van der Waals surface area contributed by atoms with Crippen LogP contribution in [0.4, 0.5) is 17.3 Å². The number of pyridine rings is 1. The van der Waals surface area contributed by atoms with Gasteiger partial charge in [-0.05, 0) is 18.2 Å². The molecule has 5 rings (SSSR count). The van der Waals surface area contributed by atoms with Gasteiger partial charge in [0.05, 0.1) is 36.2 Å². The Morgan fingerprint density at radius 2 is 1.91 bits per heavy atom. The lowest BCUT2D eigenvalue weighted by Crippen LogP contribution is -2.47. The molecule has 0 unspecified atom stereocenters. The van der Waals surface area contributed by atoms with Gasteiger partial charge in [0.1, 0.15) is 23.0 Å². The zero-order valence-corrected chi connectivity index (χ0v) is 18.6. The van der Waals surface area contributed by atoms with Crippen molar-refractivity contribution in [3.63, 3.8) is 0 Å². The molecule has 1 aliphatic heterocycles. The molecule has 1 saturated heterocycles. The molecule has 1 amide bonds. The molecule has 1 aliphatic rings. The van der Waals surface area contributed by atoms with Crippen LogP contribution in [-0.2, 0) is 11.8 Å². The van der Waals surface area contributed by atoms with Crippen LogP contribution >= 0.6 is 0 Å². The third-order valence-electron chi connectivity index (χ3n) is 5.70. The molecule has 34 heavy (non-hydrogen) atoms. The van der Waals surface area contributed by atoms with Gasteiger partial charge in [0, 0.05) is 45.0 Å². The lowest BCUT2D eigenvalue weighted by atomic mass is 10.2. The monoisotopic (exact) mass is 454 g/mol. The smallest absolute Gasteiger partial charge is 0.247 e. The minimum atomic E-state index is -0.271. The number of fused-ring (bicyclic) bond motifs is 1. The Morgan fingerprint density at radius 1 is 1.12 bits per heavy atom. The molecular weight excluding hydrogens is 432 g/mol. The van der Waals surface area contributed by atoms with Crippen LogP contribution in [0.1, 0.15) is 5.56 Å². The Kier molecular flexibility index (Phi) is 5.39. The Bertz CT molecular complexity index is 1400. The summed E-state index contributed by atoms with van der Waals surface area (Å²) in [6, 6.07) is 5.94. The molecule has 1 fully saturated rings. The van der Waals surface area contributed by atoms with E-state index in [4.69, 9.17) is 4.98 Å². The van der Waals surface area contributed by atoms with Gasteiger partial charge in [-0.15, -0.1) is 0 Å². The molecule has 0 atom stereocenters. The Labute approximate surface area is 195 Å². The van der Waals surface area contributed by atoms with Crippen molar-refractivity contribution < 1.29 is 4.79 Å². The van der Waals surface area contributed by atoms with E-state index in [0.717, 1.165) is 36.0 Å². The first-order valence-corrected chi connectivity index (χ1v) is 10.7. The standard InChI is InChI=1S/C23H22N10O/c1-3-21(34)28-18-4-5-20(25-13-18)31-6-8-32(9-7-31)23-22-16(10-24)11-27-33(22)15-19(29-23)17-12-26-30(2)14-17/h3-5,11-15H,1,6-9H2,2H3,(H,28,34). The van der Waals surface area contributed by atoms with Crippen molar-refractivity contribution in [3.05, 3.63) is 61.3 Å². The van der Waals surface area contributed by atoms with Crippen molar-refractivity contribution in [2.75, 3.05) is 41.3 Å². The predicted octanol–water partition coefficient (Wildman–Crippen LogP) is 1.85. The van der Waals surface area contributed by atoms with Crippen molar-refractivity contribution in [1.29, 1.82) is 5.26 Å². The number of aryl methyl sites for hydroxylation is 1. The second kappa shape index (κ2) is 8.67. The first-order valence-electron chi connectivity index (χ1n) is 10.7. The van der Waals surface area contributed by atoms with E-state index in [0.29, 0.717) is 29.9 Å². The number of amides is 1. The summed E-state index contributed by atoms with van der Waals surface area (Å²) in [5.74, 6) is 1.29. The number of anilines is 3. The summed E-state index contributed by atoms with van der Waals surface area (Å²) in [5, 5.41) is 20.9. The fourth-order valence-electron chi connectivity index (χ4n) is 3.98. The summed E-state index contributed by atoms with van der Waals surface area (Å²) in [6.07, 6.45) is 9.91. The lowest BCUT2D eigenvalue weighted by molar-refractivity contribution is -0.111. The number of piperazine rings is 1. The summed E-state index contributed by atoms with van der Waals surface area (Å²) in [5.41, 5.74) is 3.43. The SMILES string of the molecule is C=CC(=O)Nc1ccc(N2CCN(c3nc(-c4cnn(C)c4)cn4ncc(C#N)c34)CC2)nc1. The van der Waals surface area contributed by atoms with Crippen molar-refractivity contribution >= 4 is 28.7 Å². The number of carbonyl (C=O) groups is 1. The zero-order valence-electron chi connectivity index (χ0n) is 18.6. The largest absolute Gasteiger partial charge is 0.353 e. The zero-order chi connectivity index (χ0) is 23.7. The van der Waals surface area contributed by atoms with Crippen LogP contribution in [0.3, 0.4) is 0 Å². The first kappa shape index (κ1) is 21.1. The summed E-state index contributed by atoms with van der Waals surface area (Å²) in [6.45, 7) is 6.31. The molecule has 170 valence electrons. The van der Waals surface area contributed by atoms with Crippen molar-refractivity contribution in [1.82, 2.24) is 29.4 Å². The van der Waals surface area contributed by atoms with Gasteiger partial charge >= 0.3 is 0 Å². The fraction of sp³-hybridized carbons (Fsp3) is 0.217. The van der Waals surface area contributed by atoms with Crippen LogP contribution in [0, 0.1) is 11.3 Å². The maximum absolute atomic E-state index is 11.5. The fourth-order valence-corrected chi connectivity index (χ4v) is 3.98. The number of aromatic nitrogens is 6. The second-order valence-corrected chi connectivity index (χ2v) is 7.89. The molecule has 11 nitrogen and oxygen atoms in total. The van der Waals surface area contributed by atoms with E-state index in [1.807, 2.05) is 31.6 Å². The Hall–Kier alpha value is -4.72. The van der Waals surface area contributed by atoms with E-state index in [-0.39, 0.29) is 5.91 Å². The van der Waals surface area contributed by atoms with Gasteiger partial charge < -0.3 is 15.1 Å². The van der Waals surface area contributed by atoms with Crippen LogP contribution in [0.5, 0.6) is 0 Å². The average Bonchev–Trinajstić information content (AvgIpc) is 3.50. The third kappa shape index (κ3) is 3.93. The number of hydrogen-bond donors (Lipinski definition) is 1. The Balaban J connectivity index is 1.39. The molecule has 4 aromatic heterocycles. The molecule has 0 aromatic carbocycles. The van der Waals surface area contributed by atoms with Crippen molar-refractivity contribution in [2.24, 2.45) is 7.05 Å². The maximum Gasteiger partial charge on any atom is 0.247 e. The van der Waals surface area contributed by atoms with E-state index in [2.05, 4.69) is 42.9 Å². The van der Waals surface area contributed by atoms with Gasteiger partial charge in [0.15, 0.2) is 5.82 Å². The highest BCUT2D eigenvalue weighted by atomic mass is 16.1. The second-order valence-electron chi connectivity index (χ2n) is 7.89. The van der Waals surface area contributed by atoms with Crippen molar-refractivity contribution in [3.8, 4) is 17.3 Å². The number of nitrogens with one attached hydrogen (secondary N) is 1. The highest BCUT2D eigenvalue weighted by molar-refractivity contribution is 5.98. The van der Waals surface area contributed by atoms with Gasteiger partial charge in [-0.1, -0.05) is 6.58 Å². The van der Waals surface area contributed by atoms with E-state index in [9.17, 15) is 10.1 Å².